The van der Waals surface area contributed by atoms with Gasteiger partial charge in [0.2, 0.25) is 5.79 Å². The van der Waals surface area contributed by atoms with Crippen LogP contribution in [0.3, 0.4) is 0 Å². The molecule has 43 heteroatoms. The molecule has 0 aromatic heterocycles. The summed E-state index contributed by atoms with van der Waals surface area (Å²) >= 11 is 0. The maximum Gasteiger partial charge on any atom is 1.00 e. The first-order chi connectivity index (χ1) is 16.0. The van der Waals surface area contributed by atoms with Crippen LogP contribution in [0.2, 0.25) is 0 Å². The zero-order valence-corrected chi connectivity index (χ0v) is 58.1. The van der Waals surface area contributed by atoms with Gasteiger partial charge in [-0.15, -0.1) is 0 Å². The molecule has 0 aromatic carbocycles. The third-order valence-electron chi connectivity index (χ3n) is 3.49. The van der Waals surface area contributed by atoms with Crippen molar-refractivity contribution in [2.45, 2.75) is 36.3 Å². The summed E-state index contributed by atoms with van der Waals surface area (Å²) < 4.78 is 88.7. The van der Waals surface area contributed by atoms with Crippen LogP contribution in [0.4, 0.5) is 0 Å². The van der Waals surface area contributed by atoms with Crippen molar-refractivity contribution in [2.75, 3.05) is 0 Å². The first-order valence-electron chi connectivity index (χ1n) is 8.13. The Kier molecular flexibility index (Phi) is 70.7. The van der Waals surface area contributed by atoms with Gasteiger partial charge in [0.1, 0.15) is 30.5 Å². The summed E-state index contributed by atoms with van der Waals surface area (Å²) in [5.74, 6) is -3.96. The van der Waals surface area contributed by atoms with Gasteiger partial charge in [0.05, 0.1) is 0 Å². The quantitative estimate of drug-likeness (QED) is 0.0491. The second-order valence-electron chi connectivity index (χ2n) is 6.45. The second kappa shape index (κ2) is 37.7. The molecule has 1 fully saturated rings. The minimum atomic E-state index is -6.59. The number of phosphoric acid groups is 6. The molecule has 25 nitrogen and oxygen atoms in total. The van der Waals surface area contributed by atoms with Gasteiger partial charge in [-0.2, -0.15) is 21.6 Å². The summed E-state index contributed by atoms with van der Waals surface area (Å²) in [6, 6.07) is 0. The molecule has 1 aliphatic carbocycles. The Morgan fingerprint density at radius 1 is 0.388 bits per heavy atom. The summed E-state index contributed by atoms with van der Waals surface area (Å²) in [5, 5.41) is 57.9. The fourth-order valence-corrected chi connectivity index (χ4v) is 9.78. The molecule has 0 aliphatic heterocycles. The van der Waals surface area contributed by atoms with Gasteiger partial charge < -0.3 is 82.0 Å². The first kappa shape index (κ1) is 92.0. The Morgan fingerprint density at radius 3 is 0.816 bits per heavy atom. The van der Waals surface area contributed by atoms with Gasteiger partial charge in [0.15, 0.2) is 0 Å². The van der Waals surface area contributed by atoms with Crippen LogP contribution in [-0.4, -0.2) is 101 Å². The van der Waals surface area contributed by atoms with Crippen LogP contribution in [0.5, 0.6) is 0 Å². The van der Waals surface area contributed by atoms with E-state index in [9.17, 15) is 72.7 Å². The van der Waals surface area contributed by atoms with Gasteiger partial charge in [0.25, 0.3) is 0 Å². The summed E-state index contributed by atoms with van der Waals surface area (Å²) in [4.78, 5) is 62.9. The van der Waals surface area contributed by atoms with Crippen LogP contribution in [0, 0.1) is 0 Å². The number of hydrogen-bond acceptors (Lipinski definition) is 18. The van der Waals surface area contributed by atoms with Crippen molar-refractivity contribution in [3.63, 3.8) is 0 Å². The van der Waals surface area contributed by atoms with Crippen molar-refractivity contribution >= 4 is 46.9 Å². The molecule has 7 unspecified atom stereocenters. The molecule has 0 radical (unpaired) electrons. The minimum absolute atomic E-state index is 0. The molecule has 0 heterocycles. The monoisotopic (exact) mass is 964 g/mol. The minimum Gasteiger partial charge on any atom is -1.00 e. The van der Waals surface area contributed by atoms with E-state index in [1.807, 2.05) is 0 Å². The predicted octanol–water partition coefficient (Wildman–Crippen LogP) is -38.4. The molecule has 246 valence electrons. The fourth-order valence-electron chi connectivity index (χ4n) is 2.26. The van der Waals surface area contributed by atoms with Gasteiger partial charge in [0, 0.05) is 0 Å². The third kappa shape index (κ3) is 35.5. The molecule has 1 aliphatic rings. The van der Waals surface area contributed by atoms with Gasteiger partial charge in [-0.3, -0.25) is 0 Å². The molecular weight excluding hydrogens is 934 g/mol. The number of hydrogen-bond donors (Lipinski definition) is 13. The van der Waals surface area contributed by atoms with Crippen LogP contribution in [0.15, 0.2) is 0 Å². The van der Waals surface area contributed by atoms with E-state index < -0.39 is 83.2 Å². The van der Waals surface area contributed by atoms with Gasteiger partial charge in [-0.25, -0.2) is 31.9 Å². The van der Waals surface area contributed by atoms with Crippen molar-refractivity contribution in [1.82, 2.24) is 0 Å². The van der Waals surface area contributed by atoms with E-state index in [1.165, 1.54) is 0 Å². The van der Waals surface area contributed by atoms with Crippen molar-refractivity contribution in [2.24, 2.45) is 0 Å². The molecule has 0 amide bonds. The Bertz CT molecular complexity index is 1190. The number of aliphatic hydroxyl groups is 6. The molecule has 11 atom stereocenters. The molecular formula is C6H30Na12O25P6. The number of rotatable bonds is 12. The largest absolute Gasteiger partial charge is 1.00 e. The normalized spacial score (nSPS) is 28.2. The topological polar surface area (TPSA) is 421 Å². The van der Waals surface area contributed by atoms with Gasteiger partial charge >= 0.3 is 402 Å². The Hall–Kier alpha value is 12.6. The van der Waals surface area contributed by atoms with E-state index in [0.29, 0.717) is 0 Å². The molecule has 0 saturated heterocycles. The van der Waals surface area contributed by atoms with Crippen molar-refractivity contribution < 1.29 is 490 Å². The molecule has 49 heavy (non-hydrogen) atoms. The zero-order valence-electron chi connectivity index (χ0n) is 40.8. The van der Waals surface area contributed by atoms with E-state index in [2.05, 4.69) is 26.1 Å². The maximum atomic E-state index is 12.0. The Morgan fingerprint density at radius 2 is 0.592 bits per heavy atom. The molecule has 1 rings (SSSR count). The maximum absolute atomic E-state index is 12.0. The van der Waals surface area contributed by atoms with Gasteiger partial charge in [-0.1, -0.05) is 0 Å². The number of aliphatic hydroxyl groups excluding tert-OH is 5. The molecule has 0 spiro atoms. The molecule has 13 N–H and O–H groups in total. The van der Waals surface area contributed by atoms with E-state index in [1.54, 1.807) is 0 Å². The van der Waals surface area contributed by atoms with Crippen LogP contribution >= 0.6 is 46.9 Å². The number of phosphoric ester groups is 1. The molecule has 0 bridgehead atoms. The van der Waals surface area contributed by atoms with Crippen LogP contribution < -0.4 is 355 Å². The Labute approximate surface area is 561 Å². The predicted molar refractivity (Wildman–Crippen MR) is 116 cm³/mol. The van der Waals surface area contributed by atoms with Gasteiger partial charge in [-0.05, 0) is 0 Å². The molecule has 1 saturated carbocycles. The van der Waals surface area contributed by atoms with Crippen molar-refractivity contribution in [3.8, 4) is 0 Å². The van der Waals surface area contributed by atoms with E-state index in [0.717, 1.165) is 0 Å². The van der Waals surface area contributed by atoms with Crippen LogP contribution in [-0.2, 0) is 53.5 Å². The fraction of sp³-hybridized carbons (Fsp3) is 1.00. The standard InChI is InChI=1S/C6H18O25P6.12Na.12H/c7-1-2(8)4(10)6(12,5(11)3(1)9)26-33(16,17)28-35(20,21)30-37(24,25)31-36(22,23)29-34(18,19)27-32(13,14)15;;;;;;;;;;;;;;;;;;;;;;;;/h1-5,7-12H,(H,16,17)(H,18,19)(H,20,21)(H,22,23)(H,24,25)(H2,13,14,15);;;;;;;;;;;;;;;;;;;;;;;;/q;12*+1;12*-1/t1?,2-,3+,4-,5-,6?;;;;;;;;;;;;;;;;;;;;;;;;/m1......................../s1. The first-order valence-corrected chi connectivity index (χ1v) is 17.1. The van der Waals surface area contributed by atoms with E-state index in [4.69, 9.17) is 19.6 Å². The van der Waals surface area contributed by atoms with Crippen LogP contribution in [0.1, 0.15) is 17.1 Å². The average Bonchev–Trinajstić information content (AvgIpc) is 2.56. The molecule has 0 aromatic rings. The summed E-state index contributed by atoms with van der Waals surface area (Å²) in [5.41, 5.74) is 0. The Balaban J connectivity index is -0.0000000259. The third-order valence-corrected chi connectivity index (χ3v) is 12.3. The van der Waals surface area contributed by atoms with E-state index in [-0.39, 0.29) is 372 Å². The summed E-state index contributed by atoms with van der Waals surface area (Å²) in [6.45, 7) is 0. The average molecular weight is 964 g/mol. The summed E-state index contributed by atoms with van der Waals surface area (Å²) in [6.07, 6.45) is -13.5. The van der Waals surface area contributed by atoms with Crippen molar-refractivity contribution in [1.29, 1.82) is 0 Å². The second-order valence-corrected chi connectivity index (χ2v) is 15.6. The summed E-state index contributed by atoms with van der Waals surface area (Å²) in [7, 11) is -38.3. The van der Waals surface area contributed by atoms with E-state index >= 15 is 0 Å². The van der Waals surface area contributed by atoms with Crippen LogP contribution in [0.25, 0.3) is 0 Å². The van der Waals surface area contributed by atoms with Crippen molar-refractivity contribution in [3.05, 3.63) is 0 Å². The smallest absolute Gasteiger partial charge is 1.00 e. The zero-order chi connectivity index (χ0) is 29.6. The SMILES string of the molecule is O=P(O)(O)OP(=O)(O)OP(=O)(O)OP(=O)(O)OP(=O)(O)OP(=O)(O)OC1(O)[C@H](O)[C@H](O)C(O)[C@H](O)[C@H]1O.[H-].[H-].[H-].[H-].[H-].[H-].[H-].[H-].[H-].[H-].[H-].[H-].[Na+].[Na+].[Na+].[Na+].[Na+].[Na+].[Na+].[Na+].[Na+].[Na+].[Na+].[Na+].